The van der Waals surface area contributed by atoms with Crippen molar-refractivity contribution < 1.29 is 9.47 Å². The van der Waals surface area contributed by atoms with Crippen molar-refractivity contribution in [2.45, 2.75) is 6.92 Å². The standard InChI is InChI=1S/C15H14O2.C14H12O2/c1-11-7-9-12(10-8-11)13-5-3-4-6-14(16)15(13)17-2;1-16-14-12(9-5-6-10-13(14)15)11-7-3-2-4-8-11/h3-10H,1-2H3;2-10H,1H3. The summed E-state index contributed by atoms with van der Waals surface area (Å²) in [6.45, 7) is 2.03. The average molecular weight is 439 g/mol. The van der Waals surface area contributed by atoms with Gasteiger partial charge in [-0.15, -0.1) is 0 Å². The van der Waals surface area contributed by atoms with E-state index in [1.807, 2.05) is 85.8 Å². The van der Waals surface area contributed by atoms with Gasteiger partial charge in [-0.2, -0.15) is 0 Å². The Bertz CT molecular complexity index is 1310. The van der Waals surface area contributed by atoms with Gasteiger partial charge < -0.3 is 9.47 Å². The SMILES string of the molecule is COc1c(-c2ccc(C)cc2)ccccc1=O.COc1c(-c2ccccc2)ccccc1=O. The molecular formula is C29H26O4. The minimum absolute atomic E-state index is 0.104. The van der Waals surface area contributed by atoms with E-state index in [1.165, 1.54) is 31.9 Å². The maximum atomic E-state index is 11.8. The van der Waals surface area contributed by atoms with Gasteiger partial charge in [-0.05, 0) is 30.2 Å². The topological polar surface area (TPSA) is 52.6 Å². The molecule has 0 aliphatic rings. The molecule has 4 aromatic rings. The molecule has 4 heteroatoms. The Morgan fingerprint density at radius 1 is 0.485 bits per heavy atom. The van der Waals surface area contributed by atoms with Crippen LogP contribution in [-0.2, 0) is 0 Å². The third-order valence-electron chi connectivity index (χ3n) is 5.04. The molecule has 33 heavy (non-hydrogen) atoms. The summed E-state index contributed by atoms with van der Waals surface area (Å²) < 4.78 is 10.4. The van der Waals surface area contributed by atoms with Gasteiger partial charge in [0.15, 0.2) is 11.5 Å². The number of hydrogen-bond acceptors (Lipinski definition) is 4. The van der Waals surface area contributed by atoms with Crippen LogP contribution in [0.4, 0.5) is 0 Å². The maximum absolute atomic E-state index is 11.8. The Balaban J connectivity index is 0.000000186. The maximum Gasteiger partial charge on any atom is 0.220 e. The van der Waals surface area contributed by atoms with Crippen LogP contribution in [0.1, 0.15) is 5.56 Å². The molecule has 166 valence electrons. The highest BCUT2D eigenvalue weighted by atomic mass is 16.5. The lowest BCUT2D eigenvalue weighted by Gasteiger charge is -2.05. The van der Waals surface area contributed by atoms with E-state index in [-0.39, 0.29) is 10.9 Å². The molecule has 0 unspecified atom stereocenters. The highest BCUT2D eigenvalue weighted by Crippen LogP contribution is 2.26. The second-order valence-electron chi connectivity index (χ2n) is 7.29. The highest BCUT2D eigenvalue weighted by Gasteiger charge is 2.07. The van der Waals surface area contributed by atoms with Gasteiger partial charge in [-0.1, -0.05) is 96.6 Å². The molecule has 4 rings (SSSR count). The van der Waals surface area contributed by atoms with Crippen molar-refractivity contribution >= 4 is 0 Å². The molecule has 0 aliphatic heterocycles. The van der Waals surface area contributed by atoms with Gasteiger partial charge in [0.1, 0.15) is 0 Å². The Kier molecular flexibility index (Phi) is 8.14. The summed E-state index contributed by atoms with van der Waals surface area (Å²) in [7, 11) is 3.04. The van der Waals surface area contributed by atoms with Gasteiger partial charge in [-0.25, -0.2) is 0 Å². The van der Waals surface area contributed by atoms with Crippen LogP contribution in [0, 0.1) is 6.92 Å². The first-order chi connectivity index (χ1) is 16.0. The predicted octanol–water partition coefficient (Wildman–Crippen LogP) is 5.75. The summed E-state index contributed by atoms with van der Waals surface area (Å²) in [6.07, 6.45) is 0. The summed E-state index contributed by atoms with van der Waals surface area (Å²) in [5, 5.41) is 0. The first-order valence-electron chi connectivity index (χ1n) is 10.5. The summed E-state index contributed by atoms with van der Waals surface area (Å²) >= 11 is 0. The van der Waals surface area contributed by atoms with Crippen molar-refractivity contribution in [2.24, 2.45) is 0 Å². The number of methoxy groups -OCH3 is 2. The van der Waals surface area contributed by atoms with E-state index in [1.54, 1.807) is 12.1 Å². The van der Waals surface area contributed by atoms with Gasteiger partial charge in [-0.3, -0.25) is 9.59 Å². The number of benzene rings is 2. The van der Waals surface area contributed by atoms with E-state index in [2.05, 4.69) is 0 Å². The molecule has 4 nitrogen and oxygen atoms in total. The van der Waals surface area contributed by atoms with Crippen molar-refractivity contribution in [3.05, 3.63) is 129 Å². The monoisotopic (exact) mass is 438 g/mol. The largest absolute Gasteiger partial charge is 0.492 e. The fraction of sp³-hybridized carbons (Fsp3) is 0.103. The molecular weight excluding hydrogens is 412 g/mol. The molecule has 0 bridgehead atoms. The summed E-state index contributed by atoms with van der Waals surface area (Å²) in [5.41, 5.74) is 4.59. The normalized spacial score (nSPS) is 9.91. The summed E-state index contributed by atoms with van der Waals surface area (Å²) in [5.74, 6) is 0.773. The van der Waals surface area contributed by atoms with Crippen LogP contribution in [-0.4, -0.2) is 14.2 Å². The number of aryl methyl sites for hydroxylation is 1. The molecule has 0 spiro atoms. The van der Waals surface area contributed by atoms with Crippen molar-refractivity contribution in [1.29, 1.82) is 0 Å². The van der Waals surface area contributed by atoms with E-state index < -0.39 is 0 Å². The number of ether oxygens (including phenoxy) is 2. The predicted molar refractivity (Wildman–Crippen MR) is 134 cm³/mol. The van der Waals surface area contributed by atoms with Crippen molar-refractivity contribution in [2.75, 3.05) is 14.2 Å². The number of hydrogen-bond donors (Lipinski definition) is 0. The van der Waals surface area contributed by atoms with E-state index in [9.17, 15) is 9.59 Å². The van der Waals surface area contributed by atoms with E-state index in [0.717, 1.165) is 22.3 Å². The quantitative estimate of drug-likeness (QED) is 0.407. The summed E-state index contributed by atoms with van der Waals surface area (Å²) in [6, 6.07) is 31.7. The van der Waals surface area contributed by atoms with E-state index in [4.69, 9.17) is 9.47 Å². The average Bonchev–Trinajstić information content (AvgIpc) is 3.15. The van der Waals surface area contributed by atoms with Gasteiger partial charge >= 0.3 is 0 Å². The minimum Gasteiger partial charge on any atom is -0.492 e. The van der Waals surface area contributed by atoms with Crippen LogP contribution in [0.15, 0.2) is 113 Å². The molecule has 0 aliphatic carbocycles. The van der Waals surface area contributed by atoms with E-state index in [0.29, 0.717) is 11.5 Å². The lowest BCUT2D eigenvalue weighted by molar-refractivity contribution is 0.413. The van der Waals surface area contributed by atoms with Gasteiger partial charge in [0, 0.05) is 11.1 Å². The van der Waals surface area contributed by atoms with Crippen molar-refractivity contribution in [3.8, 4) is 33.8 Å². The third kappa shape index (κ3) is 5.95. The van der Waals surface area contributed by atoms with Crippen LogP contribution in [0.25, 0.3) is 22.3 Å². The van der Waals surface area contributed by atoms with Gasteiger partial charge in [0.25, 0.3) is 0 Å². The summed E-state index contributed by atoms with van der Waals surface area (Å²) in [4.78, 5) is 23.5. The smallest absolute Gasteiger partial charge is 0.220 e. The first-order valence-corrected chi connectivity index (χ1v) is 10.5. The van der Waals surface area contributed by atoms with Crippen molar-refractivity contribution in [1.82, 2.24) is 0 Å². The van der Waals surface area contributed by atoms with Crippen molar-refractivity contribution in [3.63, 3.8) is 0 Å². The zero-order chi connectivity index (χ0) is 23.6. The number of rotatable bonds is 4. The molecule has 0 saturated heterocycles. The zero-order valence-electron chi connectivity index (χ0n) is 18.9. The van der Waals surface area contributed by atoms with Gasteiger partial charge in [0.2, 0.25) is 10.9 Å². The van der Waals surface area contributed by atoms with Gasteiger partial charge in [0.05, 0.1) is 14.2 Å². The molecule has 0 atom stereocenters. The lowest BCUT2D eigenvalue weighted by Crippen LogP contribution is -2.01. The Labute approximate surface area is 193 Å². The first kappa shape index (κ1) is 23.5. The molecule has 0 radical (unpaired) electrons. The Morgan fingerprint density at radius 2 is 0.879 bits per heavy atom. The highest BCUT2D eigenvalue weighted by molar-refractivity contribution is 5.70. The molecule has 0 heterocycles. The molecule has 0 fully saturated rings. The second kappa shape index (κ2) is 11.4. The third-order valence-corrected chi connectivity index (χ3v) is 5.04. The molecule has 4 aromatic carbocycles. The van der Waals surface area contributed by atoms with E-state index >= 15 is 0 Å². The fourth-order valence-corrected chi connectivity index (χ4v) is 3.38. The van der Waals surface area contributed by atoms with Crippen LogP contribution >= 0.6 is 0 Å². The van der Waals surface area contributed by atoms with Crippen LogP contribution in [0.3, 0.4) is 0 Å². The van der Waals surface area contributed by atoms with Crippen LogP contribution in [0.5, 0.6) is 11.5 Å². The second-order valence-corrected chi connectivity index (χ2v) is 7.29. The molecule has 0 aromatic heterocycles. The Hall–Kier alpha value is -4.18. The minimum atomic E-state index is -0.105. The molecule has 0 saturated carbocycles. The van der Waals surface area contributed by atoms with Crippen LogP contribution in [0.2, 0.25) is 0 Å². The molecule has 0 amide bonds. The lowest BCUT2D eigenvalue weighted by atomic mass is 10.1. The fourth-order valence-electron chi connectivity index (χ4n) is 3.38. The van der Waals surface area contributed by atoms with Crippen LogP contribution < -0.4 is 20.3 Å². The molecule has 0 N–H and O–H groups in total. The zero-order valence-corrected chi connectivity index (χ0v) is 18.9. The Morgan fingerprint density at radius 3 is 1.33 bits per heavy atom.